The van der Waals surface area contributed by atoms with E-state index in [0.717, 1.165) is 5.92 Å². The molecule has 0 saturated carbocycles. The molecule has 0 aromatic heterocycles. The predicted molar refractivity (Wildman–Crippen MR) is 50.5 cm³/mol. The van der Waals surface area contributed by atoms with Crippen molar-refractivity contribution in [1.29, 1.82) is 0 Å². The lowest BCUT2D eigenvalue weighted by Crippen LogP contribution is -1.98. The zero-order valence-electron chi connectivity index (χ0n) is 7.64. The van der Waals surface area contributed by atoms with E-state index in [9.17, 15) is 0 Å². The van der Waals surface area contributed by atoms with E-state index in [4.69, 9.17) is 0 Å². The molecular weight excluding hydrogens is 132 g/mol. The minimum atomic E-state index is 0.829. The Morgan fingerprint density at radius 2 is 2.27 bits per heavy atom. The fourth-order valence-corrected chi connectivity index (χ4v) is 1.56. The van der Waals surface area contributed by atoms with Crippen molar-refractivity contribution in [2.24, 2.45) is 5.92 Å². The smallest absolute Gasteiger partial charge is 0.0196 e. The third-order valence-corrected chi connectivity index (χ3v) is 2.33. The summed E-state index contributed by atoms with van der Waals surface area (Å²) in [6.45, 7) is 4.48. The molecule has 0 bridgehead atoms. The van der Waals surface area contributed by atoms with E-state index in [2.05, 4.69) is 32.1 Å². The zero-order chi connectivity index (χ0) is 8.10. The Labute approximate surface area is 70.0 Å². The van der Waals surface area contributed by atoms with Crippen molar-refractivity contribution in [2.75, 3.05) is 0 Å². The molecule has 1 aliphatic carbocycles. The summed E-state index contributed by atoms with van der Waals surface area (Å²) in [6.07, 6.45) is 12.2. The first-order valence-electron chi connectivity index (χ1n) is 4.74. The van der Waals surface area contributed by atoms with Crippen molar-refractivity contribution < 1.29 is 0 Å². The van der Waals surface area contributed by atoms with Crippen LogP contribution < -0.4 is 0 Å². The summed E-state index contributed by atoms with van der Waals surface area (Å²) in [5.74, 6) is 0.829. The molecule has 0 radical (unpaired) electrons. The van der Waals surface area contributed by atoms with Crippen LogP contribution in [0.4, 0.5) is 0 Å². The van der Waals surface area contributed by atoms with Crippen molar-refractivity contribution in [3.63, 3.8) is 0 Å². The maximum absolute atomic E-state index is 2.39. The molecule has 0 nitrogen and oxygen atoms in total. The first-order valence-corrected chi connectivity index (χ1v) is 4.74. The molecule has 1 aliphatic rings. The fraction of sp³-hybridized carbons (Fsp3) is 0.636. The standard InChI is InChI=1S/C11H18/c1-3-5-11-8-6-10(4-2)7-9-11/h6-8,11H,3-5,9H2,1-2H3. The molecule has 0 heteroatoms. The van der Waals surface area contributed by atoms with Gasteiger partial charge >= 0.3 is 0 Å². The van der Waals surface area contributed by atoms with Crippen molar-refractivity contribution in [1.82, 2.24) is 0 Å². The number of allylic oxidation sites excluding steroid dienone is 4. The Morgan fingerprint density at radius 3 is 2.73 bits per heavy atom. The highest BCUT2D eigenvalue weighted by atomic mass is 14.1. The van der Waals surface area contributed by atoms with Crippen LogP contribution in [0.25, 0.3) is 0 Å². The highest BCUT2D eigenvalue weighted by Crippen LogP contribution is 2.21. The number of hydrogen-bond donors (Lipinski definition) is 0. The molecule has 1 rings (SSSR count). The van der Waals surface area contributed by atoms with Gasteiger partial charge in [0.1, 0.15) is 0 Å². The molecule has 0 saturated heterocycles. The zero-order valence-corrected chi connectivity index (χ0v) is 7.64. The van der Waals surface area contributed by atoms with Gasteiger partial charge in [-0.25, -0.2) is 0 Å². The van der Waals surface area contributed by atoms with E-state index in [1.165, 1.54) is 31.3 Å². The van der Waals surface area contributed by atoms with Gasteiger partial charge in [0.25, 0.3) is 0 Å². The van der Waals surface area contributed by atoms with Gasteiger partial charge in [-0.15, -0.1) is 0 Å². The molecule has 0 amide bonds. The second kappa shape index (κ2) is 4.38. The third kappa shape index (κ3) is 2.53. The molecule has 0 heterocycles. The average molecular weight is 150 g/mol. The first-order chi connectivity index (χ1) is 5.36. The Bertz CT molecular complexity index is 163. The van der Waals surface area contributed by atoms with E-state index >= 15 is 0 Å². The predicted octanol–water partition coefficient (Wildman–Crippen LogP) is 3.70. The monoisotopic (exact) mass is 150 g/mol. The van der Waals surface area contributed by atoms with E-state index in [1.807, 2.05) is 0 Å². The molecule has 0 aromatic carbocycles. The minimum Gasteiger partial charge on any atom is -0.0808 e. The highest BCUT2D eigenvalue weighted by Gasteiger charge is 2.05. The van der Waals surface area contributed by atoms with Gasteiger partial charge in [0.05, 0.1) is 0 Å². The van der Waals surface area contributed by atoms with Crippen LogP contribution in [0.1, 0.15) is 39.5 Å². The molecule has 1 unspecified atom stereocenters. The quantitative estimate of drug-likeness (QED) is 0.575. The van der Waals surface area contributed by atoms with Crippen LogP contribution in [0, 0.1) is 5.92 Å². The third-order valence-electron chi connectivity index (χ3n) is 2.33. The lowest BCUT2D eigenvalue weighted by molar-refractivity contribution is 0.580. The Balaban J connectivity index is 2.37. The Morgan fingerprint density at radius 1 is 1.45 bits per heavy atom. The summed E-state index contributed by atoms with van der Waals surface area (Å²) in [7, 11) is 0. The van der Waals surface area contributed by atoms with Crippen LogP contribution >= 0.6 is 0 Å². The number of rotatable bonds is 3. The molecule has 0 N–H and O–H groups in total. The lowest BCUT2D eigenvalue weighted by Gasteiger charge is -2.13. The normalized spacial score (nSPS) is 23.5. The topological polar surface area (TPSA) is 0 Å². The second-order valence-corrected chi connectivity index (χ2v) is 3.28. The Hall–Kier alpha value is -0.520. The molecule has 0 aliphatic heterocycles. The van der Waals surface area contributed by atoms with Gasteiger partial charge in [-0.05, 0) is 25.2 Å². The fourth-order valence-electron chi connectivity index (χ4n) is 1.56. The van der Waals surface area contributed by atoms with E-state index < -0.39 is 0 Å². The van der Waals surface area contributed by atoms with Crippen molar-refractivity contribution in [3.05, 3.63) is 23.8 Å². The molecule has 0 fully saturated rings. The Kier molecular flexibility index (Phi) is 3.41. The molecular formula is C11H18. The molecule has 62 valence electrons. The summed E-state index contributed by atoms with van der Waals surface area (Å²) in [4.78, 5) is 0. The van der Waals surface area contributed by atoms with Crippen molar-refractivity contribution in [3.8, 4) is 0 Å². The number of hydrogen-bond acceptors (Lipinski definition) is 0. The van der Waals surface area contributed by atoms with Crippen LogP contribution in [0.2, 0.25) is 0 Å². The van der Waals surface area contributed by atoms with Gasteiger partial charge in [0.2, 0.25) is 0 Å². The van der Waals surface area contributed by atoms with Gasteiger partial charge in [0.15, 0.2) is 0 Å². The summed E-state index contributed by atoms with van der Waals surface area (Å²) in [6, 6.07) is 0. The van der Waals surface area contributed by atoms with Crippen LogP contribution in [0.15, 0.2) is 23.8 Å². The maximum Gasteiger partial charge on any atom is -0.0196 e. The highest BCUT2D eigenvalue weighted by molar-refractivity contribution is 5.22. The van der Waals surface area contributed by atoms with Gasteiger partial charge in [-0.1, -0.05) is 44.1 Å². The van der Waals surface area contributed by atoms with Gasteiger partial charge in [-0.2, -0.15) is 0 Å². The van der Waals surface area contributed by atoms with E-state index in [-0.39, 0.29) is 0 Å². The summed E-state index contributed by atoms with van der Waals surface area (Å²) in [5, 5.41) is 0. The lowest BCUT2D eigenvalue weighted by atomic mass is 9.92. The summed E-state index contributed by atoms with van der Waals surface area (Å²) >= 11 is 0. The largest absolute Gasteiger partial charge is 0.0808 e. The molecule has 11 heavy (non-hydrogen) atoms. The van der Waals surface area contributed by atoms with Crippen LogP contribution in [0.5, 0.6) is 0 Å². The van der Waals surface area contributed by atoms with Crippen LogP contribution in [-0.2, 0) is 0 Å². The second-order valence-electron chi connectivity index (χ2n) is 3.28. The molecule has 1 atom stereocenters. The molecule has 0 spiro atoms. The van der Waals surface area contributed by atoms with Crippen LogP contribution in [0.3, 0.4) is 0 Å². The SMILES string of the molecule is CCCC1C=CC(CC)=CC1. The van der Waals surface area contributed by atoms with E-state index in [1.54, 1.807) is 0 Å². The summed E-state index contributed by atoms with van der Waals surface area (Å²) < 4.78 is 0. The minimum absolute atomic E-state index is 0.829. The van der Waals surface area contributed by atoms with Gasteiger partial charge in [0, 0.05) is 0 Å². The van der Waals surface area contributed by atoms with Crippen molar-refractivity contribution in [2.45, 2.75) is 39.5 Å². The first kappa shape index (κ1) is 8.58. The van der Waals surface area contributed by atoms with Crippen LogP contribution in [-0.4, -0.2) is 0 Å². The van der Waals surface area contributed by atoms with E-state index in [0.29, 0.717) is 0 Å². The van der Waals surface area contributed by atoms with Gasteiger partial charge < -0.3 is 0 Å². The average Bonchev–Trinajstić information content (AvgIpc) is 2.07. The van der Waals surface area contributed by atoms with Gasteiger partial charge in [-0.3, -0.25) is 0 Å². The van der Waals surface area contributed by atoms with Crippen molar-refractivity contribution >= 4 is 0 Å². The summed E-state index contributed by atoms with van der Waals surface area (Å²) in [5.41, 5.74) is 1.51. The maximum atomic E-state index is 2.39. The molecule has 0 aromatic rings.